The molecule has 0 bridgehead atoms. The third-order valence-electron chi connectivity index (χ3n) is 4.87. The molecule has 0 aliphatic carbocycles. The predicted molar refractivity (Wildman–Crippen MR) is 108 cm³/mol. The molecule has 1 aliphatic rings. The van der Waals surface area contributed by atoms with E-state index >= 15 is 0 Å². The number of likely N-dealkylation sites (tertiary alicyclic amines) is 1. The Morgan fingerprint density at radius 2 is 1.48 bits per heavy atom. The van der Waals surface area contributed by atoms with Crippen LogP contribution in [0.3, 0.4) is 0 Å². The highest BCUT2D eigenvalue weighted by Gasteiger charge is 2.27. The molecule has 6 heteroatoms. The summed E-state index contributed by atoms with van der Waals surface area (Å²) in [5, 5.41) is 4.33. The summed E-state index contributed by atoms with van der Waals surface area (Å²) in [6.45, 7) is 1.79. The Balaban J connectivity index is 1.42. The molecule has 0 unspecified atom stereocenters. The molecule has 0 spiro atoms. The van der Waals surface area contributed by atoms with E-state index < -0.39 is 0 Å². The minimum atomic E-state index is -0.0375. The summed E-state index contributed by atoms with van der Waals surface area (Å²) in [7, 11) is 0. The maximum Gasteiger partial charge on any atom is 0.253 e. The molecule has 1 heterocycles. The number of nitrogens with zero attached hydrogens (tertiary/aromatic N) is 1. The number of hydrogen-bond acceptors (Lipinski definition) is 2. The number of benzene rings is 2. The Bertz CT molecular complexity index is 783. The molecule has 3 rings (SSSR count). The van der Waals surface area contributed by atoms with Crippen molar-refractivity contribution in [3.63, 3.8) is 0 Å². The van der Waals surface area contributed by atoms with Gasteiger partial charge in [0.2, 0.25) is 5.91 Å². The average molecular weight is 405 g/mol. The fourth-order valence-corrected chi connectivity index (χ4v) is 3.50. The van der Waals surface area contributed by atoms with Gasteiger partial charge in [0.05, 0.1) is 0 Å². The Morgan fingerprint density at radius 1 is 0.926 bits per heavy atom. The van der Waals surface area contributed by atoms with Crippen molar-refractivity contribution >= 4 is 35.0 Å². The van der Waals surface area contributed by atoms with Crippen molar-refractivity contribution in [3.05, 3.63) is 69.7 Å². The van der Waals surface area contributed by atoms with Crippen LogP contribution in [0.5, 0.6) is 0 Å². The molecule has 27 heavy (non-hydrogen) atoms. The SMILES string of the molecule is O=C(NCCc1ccc(Cl)cc1)C1CCN(C(=O)c2ccc(Cl)cc2)CC1. The van der Waals surface area contributed by atoms with Crippen molar-refractivity contribution in [2.75, 3.05) is 19.6 Å². The predicted octanol–water partition coefficient (Wildman–Crippen LogP) is 4.20. The lowest BCUT2D eigenvalue weighted by atomic mass is 9.95. The van der Waals surface area contributed by atoms with Crippen LogP contribution in [-0.2, 0) is 11.2 Å². The van der Waals surface area contributed by atoms with E-state index in [0.29, 0.717) is 48.1 Å². The van der Waals surface area contributed by atoms with Gasteiger partial charge in [-0.15, -0.1) is 0 Å². The van der Waals surface area contributed by atoms with Gasteiger partial charge in [-0.2, -0.15) is 0 Å². The third-order valence-corrected chi connectivity index (χ3v) is 5.37. The Hall–Kier alpha value is -2.04. The van der Waals surface area contributed by atoms with E-state index in [2.05, 4.69) is 5.32 Å². The summed E-state index contributed by atoms with van der Waals surface area (Å²) in [5.41, 5.74) is 1.77. The fourth-order valence-electron chi connectivity index (χ4n) is 3.25. The first-order valence-electron chi connectivity index (χ1n) is 9.10. The van der Waals surface area contributed by atoms with Gasteiger partial charge in [0.25, 0.3) is 5.91 Å². The number of carbonyl (C=O) groups excluding carboxylic acids is 2. The highest BCUT2D eigenvalue weighted by Crippen LogP contribution is 2.20. The van der Waals surface area contributed by atoms with Gasteiger partial charge in [0, 0.05) is 41.2 Å². The van der Waals surface area contributed by atoms with E-state index in [4.69, 9.17) is 23.2 Å². The van der Waals surface area contributed by atoms with Crippen LogP contribution in [-0.4, -0.2) is 36.3 Å². The molecule has 1 saturated heterocycles. The minimum absolute atomic E-state index is 0.00624. The number of amides is 2. The molecular formula is C21H22Cl2N2O2. The smallest absolute Gasteiger partial charge is 0.253 e. The highest BCUT2D eigenvalue weighted by molar-refractivity contribution is 6.30. The van der Waals surface area contributed by atoms with E-state index in [1.165, 1.54) is 0 Å². The zero-order valence-corrected chi connectivity index (χ0v) is 16.5. The molecule has 4 nitrogen and oxygen atoms in total. The number of halogens is 2. The van der Waals surface area contributed by atoms with Gasteiger partial charge < -0.3 is 10.2 Å². The monoisotopic (exact) mass is 404 g/mol. The molecule has 0 radical (unpaired) electrons. The van der Waals surface area contributed by atoms with Gasteiger partial charge in [-0.3, -0.25) is 9.59 Å². The van der Waals surface area contributed by atoms with E-state index in [0.717, 1.165) is 12.0 Å². The molecule has 2 aromatic rings. The first-order valence-corrected chi connectivity index (χ1v) is 9.85. The van der Waals surface area contributed by atoms with Gasteiger partial charge in [-0.25, -0.2) is 0 Å². The van der Waals surface area contributed by atoms with Crippen molar-refractivity contribution in [3.8, 4) is 0 Å². The molecule has 0 saturated carbocycles. The minimum Gasteiger partial charge on any atom is -0.356 e. The summed E-state index contributed by atoms with van der Waals surface area (Å²) in [6.07, 6.45) is 2.15. The standard InChI is InChI=1S/C21H22Cl2N2O2/c22-18-5-1-15(2-6-18)9-12-24-20(26)16-10-13-25(14-11-16)21(27)17-3-7-19(23)8-4-17/h1-8,16H,9-14H2,(H,24,26). The molecule has 2 aromatic carbocycles. The number of rotatable bonds is 5. The molecule has 0 aromatic heterocycles. The van der Waals surface area contributed by atoms with E-state index in [1.54, 1.807) is 29.2 Å². The maximum atomic E-state index is 12.5. The molecule has 1 N–H and O–H groups in total. The van der Waals surface area contributed by atoms with Crippen molar-refractivity contribution < 1.29 is 9.59 Å². The van der Waals surface area contributed by atoms with Crippen LogP contribution in [0, 0.1) is 5.92 Å². The molecule has 1 fully saturated rings. The van der Waals surface area contributed by atoms with Crippen molar-refractivity contribution in [1.29, 1.82) is 0 Å². The number of piperidine rings is 1. The zero-order chi connectivity index (χ0) is 19.2. The second-order valence-corrected chi connectivity index (χ2v) is 7.61. The summed E-state index contributed by atoms with van der Waals surface area (Å²) < 4.78 is 0. The van der Waals surface area contributed by atoms with Gasteiger partial charge in [0.15, 0.2) is 0 Å². The average Bonchev–Trinajstić information content (AvgIpc) is 2.69. The van der Waals surface area contributed by atoms with Crippen molar-refractivity contribution in [2.45, 2.75) is 19.3 Å². The van der Waals surface area contributed by atoms with Crippen LogP contribution in [0.4, 0.5) is 0 Å². The Kier molecular flexibility index (Phi) is 6.75. The van der Waals surface area contributed by atoms with Crippen molar-refractivity contribution in [1.82, 2.24) is 10.2 Å². The van der Waals surface area contributed by atoms with Crippen LogP contribution < -0.4 is 5.32 Å². The lowest BCUT2D eigenvalue weighted by Crippen LogP contribution is -2.43. The fraction of sp³-hybridized carbons (Fsp3) is 0.333. The number of nitrogens with one attached hydrogen (secondary N) is 1. The Labute approximate surface area is 169 Å². The van der Waals surface area contributed by atoms with Crippen LogP contribution in [0.25, 0.3) is 0 Å². The summed E-state index contributed by atoms with van der Waals surface area (Å²) in [6, 6.07) is 14.6. The Morgan fingerprint density at radius 3 is 2.07 bits per heavy atom. The van der Waals surface area contributed by atoms with Gasteiger partial charge >= 0.3 is 0 Å². The maximum absolute atomic E-state index is 12.5. The molecule has 1 aliphatic heterocycles. The highest BCUT2D eigenvalue weighted by atomic mass is 35.5. The normalized spacial score (nSPS) is 14.8. The summed E-state index contributed by atoms with van der Waals surface area (Å²) in [4.78, 5) is 26.7. The van der Waals surface area contributed by atoms with Gasteiger partial charge in [-0.05, 0) is 61.2 Å². The second kappa shape index (κ2) is 9.25. The third kappa shape index (κ3) is 5.47. The summed E-state index contributed by atoms with van der Waals surface area (Å²) in [5.74, 6) is 0.0281. The van der Waals surface area contributed by atoms with Crippen LogP contribution in [0.15, 0.2) is 48.5 Å². The van der Waals surface area contributed by atoms with Crippen LogP contribution in [0.1, 0.15) is 28.8 Å². The van der Waals surface area contributed by atoms with E-state index in [9.17, 15) is 9.59 Å². The van der Waals surface area contributed by atoms with Gasteiger partial charge in [0.1, 0.15) is 0 Å². The second-order valence-electron chi connectivity index (χ2n) is 6.74. The quantitative estimate of drug-likeness (QED) is 0.811. The first-order chi connectivity index (χ1) is 13.0. The molecular weight excluding hydrogens is 383 g/mol. The van der Waals surface area contributed by atoms with Crippen molar-refractivity contribution in [2.24, 2.45) is 5.92 Å². The largest absolute Gasteiger partial charge is 0.356 e. The van der Waals surface area contributed by atoms with Crippen LogP contribution >= 0.6 is 23.2 Å². The lowest BCUT2D eigenvalue weighted by Gasteiger charge is -2.31. The van der Waals surface area contributed by atoms with Gasteiger partial charge in [-0.1, -0.05) is 35.3 Å². The number of carbonyl (C=O) groups is 2. The first kappa shape index (κ1) is 19.7. The summed E-state index contributed by atoms with van der Waals surface area (Å²) >= 11 is 11.7. The topological polar surface area (TPSA) is 49.4 Å². The molecule has 0 atom stereocenters. The molecule has 2 amide bonds. The number of hydrogen-bond donors (Lipinski definition) is 1. The van der Waals surface area contributed by atoms with Crippen LogP contribution in [0.2, 0.25) is 10.0 Å². The molecule has 142 valence electrons. The lowest BCUT2D eigenvalue weighted by molar-refractivity contribution is -0.126. The van der Waals surface area contributed by atoms with E-state index in [1.807, 2.05) is 24.3 Å². The zero-order valence-electron chi connectivity index (χ0n) is 15.0. The van der Waals surface area contributed by atoms with E-state index in [-0.39, 0.29) is 17.7 Å².